The van der Waals surface area contributed by atoms with Gasteiger partial charge in [-0.2, -0.15) is 4.98 Å². The van der Waals surface area contributed by atoms with Gasteiger partial charge in [-0.15, -0.1) is 0 Å². The zero-order valence-electron chi connectivity index (χ0n) is 22.2. The summed E-state index contributed by atoms with van der Waals surface area (Å²) in [5.41, 5.74) is 4.96. The predicted octanol–water partition coefficient (Wildman–Crippen LogP) is 5.71. The Morgan fingerprint density at radius 3 is 2.25 bits per heavy atom. The van der Waals surface area contributed by atoms with Crippen LogP contribution in [0.15, 0.2) is 87.8 Å². The fourth-order valence-electron chi connectivity index (χ4n) is 4.20. The second-order valence-corrected chi connectivity index (χ2v) is 9.42. The fraction of sp³-hybridized carbons (Fsp3) is 0.161. The summed E-state index contributed by atoms with van der Waals surface area (Å²) < 4.78 is 16.7. The molecule has 9 heteroatoms. The van der Waals surface area contributed by atoms with Gasteiger partial charge in [0.15, 0.2) is 5.76 Å². The van der Waals surface area contributed by atoms with Crippen LogP contribution in [0.25, 0.3) is 34.2 Å². The highest BCUT2D eigenvalue weighted by atomic mass is 16.5. The van der Waals surface area contributed by atoms with Gasteiger partial charge in [-0.3, -0.25) is 4.79 Å². The van der Waals surface area contributed by atoms with E-state index in [-0.39, 0.29) is 12.2 Å². The van der Waals surface area contributed by atoms with Crippen LogP contribution in [0.5, 0.6) is 5.75 Å². The number of carbonyl (C=O) groups is 2. The summed E-state index contributed by atoms with van der Waals surface area (Å²) in [5.74, 6) is -0.131. The van der Waals surface area contributed by atoms with E-state index in [1.165, 1.54) is 13.2 Å². The van der Waals surface area contributed by atoms with Crippen molar-refractivity contribution in [2.24, 2.45) is 0 Å². The lowest BCUT2D eigenvalue weighted by Gasteiger charge is -2.15. The summed E-state index contributed by atoms with van der Waals surface area (Å²) in [6.45, 7) is 3.97. The number of aromatic nitrogens is 2. The van der Waals surface area contributed by atoms with E-state index in [0.717, 1.165) is 22.3 Å². The molecule has 2 N–H and O–H groups in total. The van der Waals surface area contributed by atoms with E-state index in [0.29, 0.717) is 34.4 Å². The number of benzene rings is 3. The number of hydrogen-bond donors (Lipinski definition) is 2. The molecule has 2 heterocycles. The molecule has 3 aromatic carbocycles. The third-order valence-corrected chi connectivity index (χ3v) is 6.44. The van der Waals surface area contributed by atoms with Crippen molar-refractivity contribution in [2.45, 2.75) is 26.3 Å². The predicted molar refractivity (Wildman–Crippen MR) is 148 cm³/mol. The van der Waals surface area contributed by atoms with Crippen LogP contribution in [0.4, 0.5) is 0 Å². The summed E-state index contributed by atoms with van der Waals surface area (Å²) in [6, 6.07) is 22.5. The minimum absolute atomic E-state index is 0.00622. The zero-order chi connectivity index (χ0) is 28.2. The molecule has 40 heavy (non-hydrogen) atoms. The second kappa shape index (κ2) is 11.3. The summed E-state index contributed by atoms with van der Waals surface area (Å²) in [7, 11) is 1.52. The number of aliphatic carboxylic acids is 1. The molecule has 0 saturated heterocycles. The molecule has 0 saturated carbocycles. The molecule has 5 rings (SSSR count). The first-order chi connectivity index (χ1) is 19.3. The lowest BCUT2D eigenvalue weighted by molar-refractivity contribution is -0.139. The highest BCUT2D eigenvalue weighted by Crippen LogP contribution is 2.31. The van der Waals surface area contributed by atoms with Gasteiger partial charge in [-0.1, -0.05) is 58.7 Å². The molecule has 0 spiro atoms. The molecule has 202 valence electrons. The summed E-state index contributed by atoms with van der Waals surface area (Å²) >= 11 is 0. The summed E-state index contributed by atoms with van der Waals surface area (Å²) in [4.78, 5) is 29.5. The van der Waals surface area contributed by atoms with Crippen LogP contribution in [0.2, 0.25) is 0 Å². The SMILES string of the molecule is COc1ccc(C[C@@H](NC(=O)c2ccc(-c3ccc(C)cc3)o2)C(=O)O)cc1-c1noc(-c2ccc(C)cc2)n1. The molecular weight excluding hydrogens is 510 g/mol. The normalized spacial score (nSPS) is 11.7. The van der Waals surface area contributed by atoms with Crippen molar-refractivity contribution in [3.8, 4) is 39.9 Å². The van der Waals surface area contributed by atoms with Gasteiger partial charge in [0, 0.05) is 17.5 Å². The number of ether oxygens (including phenoxy) is 1. The molecule has 1 atom stereocenters. The van der Waals surface area contributed by atoms with Gasteiger partial charge in [0.2, 0.25) is 5.82 Å². The average molecular weight is 538 g/mol. The first kappa shape index (κ1) is 26.4. The van der Waals surface area contributed by atoms with Crippen LogP contribution in [-0.2, 0) is 11.2 Å². The van der Waals surface area contributed by atoms with E-state index in [9.17, 15) is 14.7 Å². The highest BCUT2D eigenvalue weighted by molar-refractivity contribution is 5.94. The Morgan fingerprint density at radius 2 is 1.60 bits per heavy atom. The highest BCUT2D eigenvalue weighted by Gasteiger charge is 2.24. The molecule has 9 nitrogen and oxygen atoms in total. The van der Waals surface area contributed by atoms with Crippen LogP contribution >= 0.6 is 0 Å². The van der Waals surface area contributed by atoms with Crippen molar-refractivity contribution in [3.05, 3.63) is 101 Å². The Kier molecular flexibility index (Phi) is 7.46. The van der Waals surface area contributed by atoms with Crippen LogP contribution in [0.1, 0.15) is 27.2 Å². The second-order valence-electron chi connectivity index (χ2n) is 9.42. The first-order valence-electron chi connectivity index (χ1n) is 12.6. The van der Waals surface area contributed by atoms with Gasteiger partial charge in [-0.05, 0) is 55.8 Å². The molecule has 5 aromatic rings. The van der Waals surface area contributed by atoms with E-state index >= 15 is 0 Å². The topological polar surface area (TPSA) is 128 Å². The number of carbonyl (C=O) groups excluding carboxylic acids is 1. The number of nitrogens with zero attached hydrogens (tertiary/aromatic N) is 2. The van der Waals surface area contributed by atoms with E-state index < -0.39 is 17.9 Å². The van der Waals surface area contributed by atoms with Crippen molar-refractivity contribution >= 4 is 11.9 Å². The Morgan fingerprint density at radius 1 is 0.925 bits per heavy atom. The van der Waals surface area contributed by atoms with E-state index in [4.69, 9.17) is 13.7 Å². The number of furan rings is 1. The Bertz CT molecular complexity index is 1650. The molecule has 0 fully saturated rings. The molecule has 0 aliphatic carbocycles. The van der Waals surface area contributed by atoms with Crippen LogP contribution in [0.3, 0.4) is 0 Å². The smallest absolute Gasteiger partial charge is 0.326 e. The number of rotatable bonds is 9. The number of methoxy groups -OCH3 is 1. The third kappa shape index (κ3) is 5.78. The first-order valence-corrected chi connectivity index (χ1v) is 12.6. The van der Waals surface area contributed by atoms with Crippen LogP contribution in [-0.4, -0.2) is 40.3 Å². The van der Waals surface area contributed by atoms with Crippen molar-refractivity contribution in [1.82, 2.24) is 15.5 Å². The Balaban J connectivity index is 1.34. The molecule has 0 aliphatic heterocycles. The van der Waals surface area contributed by atoms with Crippen molar-refractivity contribution < 1.29 is 28.4 Å². The number of carboxylic acids is 1. The van der Waals surface area contributed by atoms with Gasteiger partial charge < -0.3 is 24.1 Å². The van der Waals surface area contributed by atoms with E-state index in [1.54, 1.807) is 24.3 Å². The average Bonchev–Trinajstić information content (AvgIpc) is 3.64. The number of amides is 1. The summed E-state index contributed by atoms with van der Waals surface area (Å²) in [6.07, 6.45) is 0.00622. The minimum atomic E-state index is -1.21. The Hall–Kier alpha value is -5.18. The maximum Gasteiger partial charge on any atom is 0.326 e. The quantitative estimate of drug-likeness (QED) is 0.245. The minimum Gasteiger partial charge on any atom is -0.496 e. The molecular formula is C31H27N3O6. The van der Waals surface area contributed by atoms with Crippen molar-refractivity contribution in [1.29, 1.82) is 0 Å². The van der Waals surface area contributed by atoms with Gasteiger partial charge in [0.05, 0.1) is 12.7 Å². The maximum absolute atomic E-state index is 12.9. The largest absolute Gasteiger partial charge is 0.496 e. The standard InChI is InChI=1S/C31H27N3O6/c1-18-4-9-21(10-5-18)25-14-15-27(39-25)29(35)32-24(31(36)37)17-20-8-13-26(38-3)23(16-20)28-33-30(40-34-28)22-11-6-19(2)7-12-22/h4-16,24H,17H2,1-3H3,(H,32,35)(H,36,37)/t24-/m1/s1. The van der Waals surface area contributed by atoms with Crippen LogP contribution < -0.4 is 10.1 Å². The number of aryl methyl sites for hydroxylation is 2. The molecule has 0 unspecified atom stereocenters. The lowest BCUT2D eigenvalue weighted by atomic mass is 10.0. The van der Waals surface area contributed by atoms with E-state index in [2.05, 4.69) is 15.5 Å². The molecule has 1 amide bonds. The fourth-order valence-corrected chi connectivity index (χ4v) is 4.20. The number of hydrogen-bond acceptors (Lipinski definition) is 7. The maximum atomic E-state index is 12.9. The summed E-state index contributed by atoms with van der Waals surface area (Å²) in [5, 5.41) is 16.5. The van der Waals surface area contributed by atoms with E-state index in [1.807, 2.05) is 62.4 Å². The zero-order valence-corrected chi connectivity index (χ0v) is 22.2. The van der Waals surface area contributed by atoms with Crippen molar-refractivity contribution in [3.63, 3.8) is 0 Å². The molecule has 2 aromatic heterocycles. The lowest BCUT2D eigenvalue weighted by Crippen LogP contribution is -2.42. The van der Waals surface area contributed by atoms with Crippen LogP contribution in [0, 0.1) is 13.8 Å². The van der Waals surface area contributed by atoms with Crippen molar-refractivity contribution in [2.75, 3.05) is 7.11 Å². The van der Waals surface area contributed by atoms with Gasteiger partial charge in [0.25, 0.3) is 11.8 Å². The Labute approximate surface area is 230 Å². The monoisotopic (exact) mass is 537 g/mol. The molecule has 0 bridgehead atoms. The number of carboxylic acid groups (broad SMARTS) is 1. The number of nitrogens with one attached hydrogen (secondary N) is 1. The van der Waals surface area contributed by atoms with Gasteiger partial charge in [0.1, 0.15) is 17.6 Å². The molecule has 0 radical (unpaired) electrons. The third-order valence-electron chi connectivity index (χ3n) is 6.44. The molecule has 0 aliphatic rings. The van der Waals surface area contributed by atoms with Gasteiger partial charge >= 0.3 is 5.97 Å². The van der Waals surface area contributed by atoms with Gasteiger partial charge in [-0.25, -0.2) is 4.79 Å².